The molecule has 5 nitrogen and oxygen atoms in total. The van der Waals surface area contributed by atoms with E-state index in [9.17, 15) is 9.59 Å². The summed E-state index contributed by atoms with van der Waals surface area (Å²) in [4.78, 5) is 31.7. The van der Waals surface area contributed by atoms with Gasteiger partial charge in [-0.05, 0) is 32.3 Å². The van der Waals surface area contributed by atoms with E-state index in [2.05, 4.69) is 23.9 Å². The van der Waals surface area contributed by atoms with Crippen LogP contribution in [0.5, 0.6) is 0 Å². The molecule has 0 N–H and O–H groups in total. The first-order chi connectivity index (χ1) is 15.0. The van der Waals surface area contributed by atoms with Crippen molar-refractivity contribution in [2.24, 2.45) is 0 Å². The van der Waals surface area contributed by atoms with Crippen LogP contribution >= 0.6 is 11.3 Å². The summed E-state index contributed by atoms with van der Waals surface area (Å²) in [5.41, 5.74) is 2.05. The van der Waals surface area contributed by atoms with Gasteiger partial charge in [0.1, 0.15) is 9.83 Å². The molecule has 5 rings (SSSR count). The third kappa shape index (κ3) is 3.38. The van der Waals surface area contributed by atoms with Gasteiger partial charge in [-0.25, -0.2) is 0 Å². The van der Waals surface area contributed by atoms with Gasteiger partial charge in [-0.3, -0.25) is 14.2 Å². The summed E-state index contributed by atoms with van der Waals surface area (Å²) in [5.74, 6) is -0.00610. The second-order valence-electron chi connectivity index (χ2n) is 8.06. The van der Waals surface area contributed by atoms with Crippen LogP contribution in [-0.2, 0) is 0 Å². The number of nitrogens with zero attached hydrogens (tertiary/aromatic N) is 3. The molecule has 0 spiro atoms. The number of carbonyl (C=O) groups excluding carboxylic acids is 1. The summed E-state index contributed by atoms with van der Waals surface area (Å²) in [5, 5.41) is 1.77. The highest BCUT2D eigenvalue weighted by molar-refractivity contribution is 7.23. The fraction of sp³-hybridized carbons (Fsp3) is 0.200. The van der Waals surface area contributed by atoms with E-state index >= 15 is 0 Å². The zero-order chi connectivity index (χ0) is 21.5. The number of para-hydroxylation sites is 1. The Balaban J connectivity index is 1.73. The maximum absolute atomic E-state index is 13.6. The molecule has 1 aliphatic rings. The summed E-state index contributed by atoms with van der Waals surface area (Å²) in [7, 11) is 4.16. The van der Waals surface area contributed by atoms with Crippen molar-refractivity contribution >= 4 is 32.3 Å². The van der Waals surface area contributed by atoms with Crippen molar-refractivity contribution in [2.45, 2.75) is 6.04 Å². The topological polar surface area (TPSA) is 45.5 Å². The van der Waals surface area contributed by atoms with Gasteiger partial charge >= 0.3 is 0 Å². The first-order valence-electron chi connectivity index (χ1n) is 10.3. The second kappa shape index (κ2) is 7.80. The van der Waals surface area contributed by atoms with E-state index in [0.29, 0.717) is 17.2 Å². The molecule has 0 aliphatic carbocycles. The predicted octanol–water partition coefficient (Wildman–Crippen LogP) is 4.03. The number of anilines is 1. The van der Waals surface area contributed by atoms with Crippen molar-refractivity contribution in [1.29, 1.82) is 0 Å². The molecule has 0 saturated carbocycles. The first kappa shape index (κ1) is 19.7. The summed E-state index contributed by atoms with van der Waals surface area (Å²) in [6, 6.07) is 22.8. The van der Waals surface area contributed by atoms with Gasteiger partial charge in [-0.15, -0.1) is 0 Å². The number of hydrogen-bond acceptors (Lipinski definition) is 5. The van der Waals surface area contributed by atoms with Gasteiger partial charge < -0.3 is 9.80 Å². The molecule has 4 aromatic rings. The Morgan fingerprint density at radius 3 is 2.23 bits per heavy atom. The molecule has 1 aliphatic heterocycles. The van der Waals surface area contributed by atoms with Crippen LogP contribution in [0.15, 0.2) is 77.6 Å². The van der Waals surface area contributed by atoms with Crippen molar-refractivity contribution in [2.75, 3.05) is 32.1 Å². The molecule has 1 fully saturated rings. The number of benzene rings is 2. The van der Waals surface area contributed by atoms with Crippen molar-refractivity contribution in [3.63, 3.8) is 0 Å². The summed E-state index contributed by atoms with van der Waals surface area (Å²) < 4.78 is 1.72. The maximum Gasteiger partial charge on any atom is 0.256 e. The van der Waals surface area contributed by atoms with Crippen LogP contribution in [0.1, 0.15) is 15.9 Å². The lowest BCUT2D eigenvalue weighted by molar-refractivity contribution is 0.104. The lowest BCUT2D eigenvalue weighted by Crippen LogP contribution is -2.57. The van der Waals surface area contributed by atoms with Crippen LogP contribution in [-0.4, -0.2) is 48.5 Å². The molecule has 0 atom stereocenters. The summed E-state index contributed by atoms with van der Waals surface area (Å²) in [6.07, 6.45) is 0. The fourth-order valence-electron chi connectivity index (χ4n) is 4.01. The van der Waals surface area contributed by atoms with Gasteiger partial charge in [-0.2, -0.15) is 0 Å². The number of thiophene rings is 1. The highest BCUT2D eigenvalue weighted by atomic mass is 32.1. The van der Waals surface area contributed by atoms with Crippen LogP contribution in [0.25, 0.3) is 15.9 Å². The van der Waals surface area contributed by atoms with E-state index in [1.165, 1.54) is 11.3 Å². The fourth-order valence-corrected chi connectivity index (χ4v) is 5.35. The number of ketones is 1. The molecule has 0 amide bonds. The lowest BCUT2D eigenvalue weighted by Gasteiger charge is -2.43. The Morgan fingerprint density at radius 1 is 0.935 bits per heavy atom. The highest BCUT2D eigenvalue weighted by Gasteiger charge is 2.34. The minimum absolute atomic E-state index is 0.00610. The van der Waals surface area contributed by atoms with Crippen LogP contribution in [0.4, 0.5) is 5.00 Å². The monoisotopic (exact) mass is 429 g/mol. The van der Waals surface area contributed by atoms with Gasteiger partial charge in [0.05, 0.1) is 11.3 Å². The van der Waals surface area contributed by atoms with E-state index in [0.717, 1.165) is 34.0 Å². The Labute approximate surface area is 184 Å². The molecule has 156 valence electrons. The van der Waals surface area contributed by atoms with Gasteiger partial charge in [-0.1, -0.05) is 59.9 Å². The molecule has 0 radical (unpaired) electrons. The van der Waals surface area contributed by atoms with Crippen molar-refractivity contribution in [3.05, 3.63) is 94.3 Å². The zero-order valence-electron chi connectivity index (χ0n) is 17.5. The molecule has 2 aromatic carbocycles. The molecular weight excluding hydrogens is 406 g/mol. The number of likely N-dealkylation sites (N-methyl/N-ethyl adjacent to an activating group) is 1. The number of carbonyl (C=O) groups is 1. The lowest BCUT2D eigenvalue weighted by atomic mass is 10.0. The van der Waals surface area contributed by atoms with E-state index < -0.39 is 0 Å². The van der Waals surface area contributed by atoms with Gasteiger partial charge in [0.25, 0.3) is 5.56 Å². The molecule has 1 saturated heterocycles. The van der Waals surface area contributed by atoms with Crippen LogP contribution in [0.3, 0.4) is 0 Å². The second-order valence-corrected chi connectivity index (χ2v) is 9.04. The molecule has 6 heteroatoms. The van der Waals surface area contributed by atoms with Crippen LogP contribution < -0.4 is 10.5 Å². The number of hydrogen-bond donors (Lipinski definition) is 0. The Kier molecular flexibility index (Phi) is 4.96. The van der Waals surface area contributed by atoms with Crippen molar-refractivity contribution in [1.82, 2.24) is 9.47 Å². The molecule has 31 heavy (non-hydrogen) atoms. The van der Waals surface area contributed by atoms with Crippen molar-refractivity contribution < 1.29 is 4.79 Å². The molecular formula is C25H23N3O2S. The maximum atomic E-state index is 13.6. The van der Waals surface area contributed by atoms with E-state index in [4.69, 9.17) is 0 Å². The normalized spacial score (nSPS) is 14.2. The van der Waals surface area contributed by atoms with Crippen LogP contribution in [0.2, 0.25) is 0 Å². The quantitative estimate of drug-likeness (QED) is 0.450. The summed E-state index contributed by atoms with van der Waals surface area (Å²) in [6.45, 7) is 1.73. The third-order valence-electron chi connectivity index (χ3n) is 5.88. The van der Waals surface area contributed by atoms with Gasteiger partial charge in [0.15, 0.2) is 5.78 Å². The molecule has 3 heterocycles. The predicted molar refractivity (Wildman–Crippen MR) is 127 cm³/mol. The third-order valence-corrected chi connectivity index (χ3v) is 7.13. The van der Waals surface area contributed by atoms with E-state index in [1.54, 1.807) is 16.7 Å². The number of fused-ring (bicyclic) bond motifs is 1. The largest absolute Gasteiger partial charge is 0.359 e. The number of aromatic nitrogens is 1. The Hall–Kier alpha value is -3.22. The van der Waals surface area contributed by atoms with Crippen LogP contribution in [0, 0.1) is 0 Å². The van der Waals surface area contributed by atoms with Crippen molar-refractivity contribution in [3.8, 4) is 5.69 Å². The number of pyridine rings is 1. The standard InChI is InChI=1S/C25H23N3O2S/c1-26(2)19-15-27(16-19)25-22(23(30)17-9-5-3-6-10-17)20-13-14-21(29)28(24(20)31-25)18-11-7-4-8-12-18/h3-14,19H,15-16H2,1-2H3. The molecule has 0 unspecified atom stereocenters. The summed E-state index contributed by atoms with van der Waals surface area (Å²) >= 11 is 1.53. The first-order valence-corrected chi connectivity index (χ1v) is 11.1. The minimum atomic E-state index is -0.0972. The molecule has 2 aromatic heterocycles. The average Bonchev–Trinajstić information content (AvgIpc) is 3.11. The molecule has 0 bridgehead atoms. The van der Waals surface area contributed by atoms with Gasteiger partial charge in [0.2, 0.25) is 0 Å². The average molecular weight is 430 g/mol. The number of rotatable bonds is 5. The van der Waals surface area contributed by atoms with Gasteiger partial charge in [0, 0.05) is 36.1 Å². The smallest absolute Gasteiger partial charge is 0.256 e. The Morgan fingerprint density at radius 2 is 1.58 bits per heavy atom. The highest BCUT2D eigenvalue weighted by Crippen LogP contribution is 2.41. The van der Waals surface area contributed by atoms with E-state index in [1.807, 2.05) is 60.7 Å². The Bertz CT molecular complexity index is 1300. The SMILES string of the molecule is CN(C)C1CN(c2sc3c(ccc(=O)n3-c3ccccc3)c2C(=O)c2ccccc2)C1. The van der Waals surface area contributed by atoms with E-state index in [-0.39, 0.29) is 11.3 Å². The minimum Gasteiger partial charge on any atom is -0.359 e. The zero-order valence-corrected chi connectivity index (χ0v) is 18.3.